The molecule has 0 aliphatic heterocycles. The number of rotatable bonds is 4. The first-order chi connectivity index (χ1) is 8.19. The van der Waals surface area contributed by atoms with E-state index in [1.807, 2.05) is 37.3 Å². The number of carbonyl (C=O) groups excluding carboxylic acids is 2. The molecule has 0 unspecified atom stereocenters. The molecule has 0 saturated heterocycles. The van der Waals surface area contributed by atoms with Crippen LogP contribution in [0.1, 0.15) is 11.1 Å². The first-order valence-corrected chi connectivity index (χ1v) is 5.30. The van der Waals surface area contributed by atoms with Crippen LogP contribution in [0.25, 0.3) is 6.08 Å². The molecule has 88 valence electrons. The molecule has 0 radical (unpaired) electrons. The summed E-state index contributed by atoms with van der Waals surface area (Å²) in [5.74, 6) is -0.380. The van der Waals surface area contributed by atoms with Crippen molar-refractivity contribution in [2.24, 2.45) is 0 Å². The van der Waals surface area contributed by atoms with E-state index in [1.165, 1.54) is 13.1 Å². The Balaban J connectivity index is 2.85. The lowest BCUT2D eigenvalue weighted by Gasteiger charge is -1.98. The monoisotopic (exact) mass is 229 g/mol. The minimum Gasteiger partial charge on any atom is -0.355 e. The van der Waals surface area contributed by atoms with Gasteiger partial charge in [-0.25, -0.2) is 0 Å². The second-order valence-electron chi connectivity index (χ2n) is 3.53. The van der Waals surface area contributed by atoms with E-state index in [4.69, 9.17) is 0 Å². The number of allylic oxidation sites excluding steroid dienone is 2. The maximum Gasteiger partial charge on any atom is 0.254 e. The summed E-state index contributed by atoms with van der Waals surface area (Å²) in [6.07, 6.45) is 5.60. The van der Waals surface area contributed by atoms with Crippen LogP contribution >= 0.6 is 0 Å². The highest BCUT2D eigenvalue weighted by molar-refractivity contribution is 6.10. The predicted octanol–water partition coefficient (Wildman–Crippen LogP) is 1.88. The van der Waals surface area contributed by atoms with E-state index in [0.717, 1.165) is 11.1 Å². The minimum atomic E-state index is -0.380. The van der Waals surface area contributed by atoms with Gasteiger partial charge in [0.15, 0.2) is 6.29 Å². The van der Waals surface area contributed by atoms with Crippen molar-refractivity contribution in [3.8, 4) is 0 Å². The number of carbonyl (C=O) groups is 2. The van der Waals surface area contributed by atoms with Gasteiger partial charge >= 0.3 is 0 Å². The molecule has 1 N–H and O–H groups in total. The summed E-state index contributed by atoms with van der Waals surface area (Å²) in [6, 6.07) is 7.88. The fourth-order valence-corrected chi connectivity index (χ4v) is 1.34. The summed E-state index contributed by atoms with van der Waals surface area (Å²) < 4.78 is 0. The van der Waals surface area contributed by atoms with Gasteiger partial charge < -0.3 is 5.32 Å². The Kier molecular flexibility index (Phi) is 4.88. The van der Waals surface area contributed by atoms with Crippen LogP contribution in [0.2, 0.25) is 0 Å². The van der Waals surface area contributed by atoms with Crippen LogP contribution in [0.4, 0.5) is 0 Å². The molecule has 0 atom stereocenters. The van der Waals surface area contributed by atoms with Gasteiger partial charge in [-0.2, -0.15) is 0 Å². The molecule has 1 aromatic rings. The van der Waals surface area contributed by atoms with Crippen LogP contribution in [0.15, 0.2) is 42.0 Å². The molecule has 0 fully saturated rings. The van der Waals surface area contributed by atoms with Crippen LogP contribution in [0.3, 0.4) is 0 Å². The van der Waals surface area contributed by atoms with Gasteiger partial charge in [-0.15, -0.1) is 0 Å². The SMILES string of the molecule is CNC(=O)C(C=O)=CC=Cc1ccccc1C. The summed E-state index contributed by atoms with van der Waals surface area (Å²) in [4.78, 5) is 21.9. The van der Waals surface area contributed by atoms with Crippen LogP contribution in [-0.4, -0.2) is 19.2 Å². The second kappa shape index (κ2) is 6.43. The fourth-order valence-electron chi connectivity index (χ4n) is 1.34. The van der Waals surface area contributed by atoms with Crippen molar-refractivity contribution in [3.05, 3.63) is 53.1 Å². The van der Waals surface area contributed by atoms with Crippen molar-refractivity contribution in [1.29, 1.82) is 0 Å². The molecule has 3 nitrogen and oxygen atoms in total. The molecule has 0 aliphatic carbocycles. The van der Waals surface area contributed by atoms with Gasteiger partial charge in [0.2, 0.25) is 0 Å². The highest BCUT2D eigenvalue weighted by Crippen LogP contribution is 2.09. The number of amides is 1. The Morgan fingerprint density at radius 3 is 2.59 bits per heavy atom. The van der Waals surface area contributed by atoms with Crippen LogP contribution in [-0.2, 0) is 9.59 Å². The van der Waals surface area contributed by atoms with Gasteiger partial charge in [0.05, 0.1) is 5.57 Å². The summed E-state index contributed by atoms with van der Waals surface area (Å²) in [6.45, 7) is 2.00. The molecular weight excluding hydrogens is 214 g/mol. The number of hydrogen-bond donors (Lipinski definition) is 1. The van der Waals surface area contributed by atoms with E-state index < -0.39 is 0 Å². The van der Waals surface area contributed by atoms with E-state index in [-0.39, 0.29) is 11.5 Å². The highest BCUT2D eigenvalue weighted by Gasteiger charge is 2.02. The number of aldehydes is 1. The molecule has 1 aromatic carbocycles. The number of benzene rings is 1. The summed E-state index contributed by atoms with van der Waals surface area (Å²) >= 11 is 0. The lowest BCUT2D eigenvalue weighted by atomic mass is 10.1. The number of likely N-dealkylation sites (N-methyl/N-ethyl adjacent to an activating group) is 1. The van der Waals surface area contributed by atoms with E-state index >= 15 is 0 Å². The van der Waals surface area contributed by atoms with Gasteiger partial charge in [0.25, 0.3) is 5.91 Å². The van der Waals surface area contributed by atoms with Gasteiger partial charge in [-0.05, 0) is 24.1 Å². The smallest absolute Gasteiger partial charge is 0.254 e. The Bertz CT molecular complexity index is 473. The molecule has 0 heterocycles. The van der Waals surface area contributed by atoms with Crippen molar-refractivity contribution < 1.29 is 9.59 Å². The van der Waals surface area contributed by atoms with Crippen LogP contribution in [0, 0.1) is 6.92 Å². The van der Waals surface area contributed by atoms with Crippen LogP contribution < -0.4 is 5.32 Å². The lowest BCUT2D eigenvalue weighted by Crippen LogP contribution is -2.20. The van der Waals surface area contributed by atoms with E-state index in [2.05, 4.69) is 5.32 Å². The van der Waals surface area contributed by atoms with E-state index in [1.54, 1.807) is 6.08 Å². The van der Waals surface area contributed by atoms with Crippen molar-refractivity contribution in [3.63, 3.8) is 0 Å². The molecule has 0 aliphatic rings. The molecule has 0 saturated carbocycles. The minimum absolute atomic E-state index is 0.109. The van der Waals surface area contributed by atoms with Crippen molar-refractivity contribution in [2.45, 2.75) is 6.92 Å². The zero-order valence-electron chi connectivity index (χ0n) is 9.94. The van der Waals surface area contributed by atoms with Gasteiger partial charge in [0, 0.05) is 7.05 Å². The molecule has 1 amide bonds. The molecule has 0 aromatic heterocycles. The van der Waals surface area contributed by atoms with E-state index in [0.29, 0.717) is 6.29 Å². The zero-order valence-corrected chi connectivity index (χ0v) is 9.94. The number of nitrogens with one attached hydrogen (secondary N) is 1. The largest absolute Gasteiger partial charge is 0.355 e. The van der Waals surface area contributed by atoms with Crippen molar-refractivity contribution >= 4 is 18.3 Å². The van der Waals surface area contributed by atoms with Gasteiger partial charge in [-0.1, -0.05) is 36.4 Å². The topological polar surface area (TPSA) is 46.2 Å². The maximum absolute atomic E-state index is 11.2. The summed E-state index contributed by atoms with van der Waals surface area (Å²) in [5.41, 5.74) is 2.31. The number of hydrogen-bond acceptors (Lipinski definition) is 2. The van der Waals surface area contributed by atoms with Gasteiger partial charge in [-0.3, -0.25) is 9.59 Å². The Hall–Kier alpha value is -2.16. The zero-order chi connectivity index (χ0) is 12.7. The third-order valence-corrected chi connectivity index (χ3v) is 2.36. The molecular formula is C14H15NO2. The Labute approximate surface area is 101 Å². The fraction of sp³-hybridized carbons (Fsp3) is 0.143. The Morgan fingerprint density at radius 1 is 1.29 bits per heavy atom. The normalized spacial score (nSPS) is 11.5. The van der Waals surface area contributed by atoms with Gasteiger partial charge in [0.1, 0.15) is 0 Å². The molecule has 0 spiro atoms. The second-order valence-corrected chi connectivity index (χ2v) is 3.53. The molecule has 17 heavy (non-hydrogen) atoms. The predicted molar refractivity (Wildman–Crippen MR) is 68.4 cm³/mol. The van der Waals surface area contributed by atoms with E-state index in [9.17, 15) is 9.59 Å². The third-order valence-electron chi connectivity index (χ3n) is 2.36. The Morgan fingerprint density at radius 2 is 2.00 bits per heavy atom. The molecule has 3 heteroatoms. The molecule has 0 bridgehead atoms. The average Bonchev–Trinajstić information content (AvgIpc) is 2.36. The summed E-state index contributed by atoms with van der Waals surface area (Å²) in [7, 11) is 1.49. The first kappa shape index (κ1) is 12.9. The lowest BCUT2D eigenvalue weighted by molar-refractivity contribution is -0.118. The highest BCUT2D eigenvalue weighted by atomic mass is 16.2. The average molecular weight is 229 g/mol. The third kappa shape index (κ3) is 3.72. The van der Waals surface area contributed by atoms with Crippen LogP contribution in [0.5, 0.6) is 0 Å². The van der Waals surface area contributed by atoms with Crippen molar-refractivity contribution in [1.82, 2.24) is 5.32 Å². The number of aryl methyl sites for hydroxylation is 1. The first-order valence-electron chi connectivity index (χ1n) is 5.30. The molecule has 1 rings (SSSR count). The summed E-state index contributed by atoms with van der Waals surface area (Å²) in [5, 5.41) is 2.40. The quantitative estimate of drug-likeness (QED) is 0.282. The van der Waals surface area contributed by atoms with Crippen molar-refractivity contribution in [2.75, 3.05) is 7.05 Å². The standard InChI is InChI=1S/C14H15NO2/c1-11-6-3-4-7-12(11)8-5-9-13(10-16)14(17)15-2/h3-10H,1-2H3,(H,15,17). The maximum atomic E-state index is 11.2.